The van der Waals surface area contributed by atoms with Crippen LogP contribution in [0.4, 0.5) is 11.4 Å². The Labute approximate surface area is 226 Å². The van der Waals surface area contributed by atoms with Crippen molar-refractivity contribution in [2.45, 2.75) is 0 Å². The van der Waals surface area contributed by atoms with Gasteiger partial charge in [0.15, 0.2) is 0 Å². The van der Waals surface area contributed by atoms with E-state index < -0.39 is 10.1 Å². The fraction of sp³-hybridized carbons (Fsp3) is 0.185. The number of rotatable bonds is 6. The molecule has 0 saturated heterocycles. The summed E-state index contributed by atoms with van der Waals surface area (Å²) < 4.78 is 25.9. The molecule has 0 saturated carbocycles. The van der Waals surface area contributed by atoms with Gasteiger partial charge in [0.05, 0.1) is 19.3 Å². The summed E-state index contributed by atoms with van der Waals surface area (Å²) in [6.07, 6.45) is 0.715. The molecular weight excluding hydrogens is 520 g/mol. The van der Waals surface area contributed by atoms with Crippen LogP contribution in [-0.4, -0.2) is 68.9 Å². The number of aliphatic imine (C=N–C) groups is 2. The Morgan fingerprint density at radius 3 is 1.38 bits per heavy atom. The standard InChI is InChI=1S/C26H24N6O2.CH4O3S/c33-25(19-3-1-17(2-4-19)23-27-13-14-28-23)32-22-11-7-20(8-12-22)26(34)31-21-9-5-18(6-10-21)24-29-15-16-30-24;1-5(2,3)4/h1-12H,13-16H2,(H,27,28)(H,29,30)(H,31,34)(H,32,33);1H3,(H,2,3,4). The lowest BCUT2D eigenvalue weighted by atomic mass is 10.1. The Morgan fingerprint density at radius 1 is 0.692 bits per heavy atom. The Bertz CT molecular complexity index is 1490. The average Bonchev–Trinajstić information content (AvgIpc) is 3.64. The quantitative estimate of drug-likeness (QED) is 0.296. The van der Waals surface area contributed by atoms with Crippen molar-refractivity contribution in [1.29, 1.82) is 0 Å². The van der Waals surface area contributed by atoms with Crippen molar-refractivity contribution in [2.24, 2.45) is 9.98 Å². The van der Waals surface area contributed by atoms with Crippen LogP contribution in [0.2, 0.25) is 0 Å². The van der Waals surface area contributed by atoms with Crippen LogP contribution >= 0.6 is 0 Å². The number of carbonyl (C=O) groups excluding carboxylic acids is 2. The highest BCUT2D eigenvalue weighted by molar-refractivity contribution is 7.85. The van der Waals surface area contributed by atoms with E-state index in [2.05, 4.69) is 31.3 Å². The maximum absolute atomic E-state index is 12.6. The van der Waals surface area contributed by atoms with E-state index in [4.69, 9.17) is 4.55 Å². The second-order valence-electron chi connectivity index (χ2n) is 8.69. The Kier molecular flexibility index (Phi) is 8.69. The third-order valence-electron chi connectivity index (χ3n) is 5.59. The molecule has 0 aromatic heterocycles. The monoisotopic (exact) mass is 548 g/mol. The summed E-state index contributed by atoms with van der Waals surface area (Å²) in [5.74, 6) is 1.30. The number of amides is 2. The fourth-order valence-corrected chi connectivity index (χ4v) is 3.78. The smallest absolute Gasteiger partial charge is 0.261 e. The predicted octanol–water partition coefficient (Wildman–Crippen LogP) is 2.39. The van der Waals surface area contributed by atoms with Crippen LogP contribution in [0.25, 0.3) is 0 Å². The summed E-state index contributed by atoms with van der Waals surface area (Å²) in [5, 5.41) is 12.2. The lowest BCUT2D eigenvalue weighted by Gasteiger charge is -2.09. The van der Waals surface area contributed by atoms with Gasteiger partial charge < -0.3 is 21.3 Å². The highest BCUT2D eigenvalue weighted by atomic mass is 32.2. The van der Waals surface area contributed by atoms with Crippen LogP contribution in [0.15, 0.2) is 82.8 Å². The molecule has 0 aliphatic carbocycles. The van der Waals surface area contributed by atoms with Gasteiger partial charge in [0, 0.05) is 46.7 Å². The number of nitrogens with zero attached hydrogens (tertiary/aromatic N) is 2. The van der Waals surface area contributed by atoms with E-state index in [1.807, 2.05) is 36.4 Å². The molecule has 0 unspecified atom stereocenters. The van der Waals surface area contributed by atoms with Crippen LogP contribution in [0, 0.1) is 0 Å². The molecule has 202 valence electrons. The van der Waals surface area contributed by atoms with Crippen LogP contribution < -0.4 is 21.3 Å². The highest BCUT2D eigenvalue weighted by Gasteiger charge is 2.12. The Balaban J connectivity index is 0.000000648. The molecule has 0 atom stereocenters. The molecule has 0 fully saturated rings. The number of hydrogen-bond donors (Lipinski definition) is 5. The van der Waals surface area contributed by atoms with Crippen molar-refractivity contribution >= 4 is 45.0 Å². The summed E-state index contributed by atoms with van der Waals surface area (Å²) >= 11 is 0. The highest BCUT2D eigenvalue weighted by Crippen LogP contribution is 2.16. The molecular formula is C27H28N6O5S. The van der Waals surface area contributed by atoms with E-state index in [1.54, 1.807) is 36.4 Å². The van der Waals surface area contributed by atoms with Crippen molar-refractivity contribution in [3.05, 3.63) is 95.1 Å². The molecule has 2 heterocycles. The number of benzene rings is 3. The summed E-state index contributed by atoms with van der Waals surface area (Å²) in [6, 6.07) is 21.7. The Hall–Kier alpha value is -4.55. The number of amidine groups is 2. The normalized spacial score (nSPS) is 14.1. The molecule has 2 amide bonds. The Morgan fingerprint density at radius 2 is 1.03 bits per heavy atom. The van der Waals surface area contributed by atoms with E-state index in [-0.39, 0.29) is 11.8 Å². The molecule has 0 spiro atoms. The molecule has 5 N–H and O–H groups in total. The second-order valence-corrected chi connectivity index (χ2v) is 10.2. The van der Waals surface area contributed by atoms with Gasteiger partial charge >= 0.3 is 0 Å². The molecule has 11 nitrogen and oxygen atoms in total. The molecule has 12 heteroatoms. The zero-order valence-corrected chi connectivity index (χ0v) is 22.0. The van der Waals surface area contributed by atoms with Crippen LogP contribution in [0.5, 0.6) is 0 Å². The van der Waals surface area contributed by atoms with Gasteiger partial charge in [-0.2, -0.15) is 8.42 Å². The van der Waals surface area contributed by atoms with Crippen LogP contribution in [0.3, 0.4) is 0 Å². The van der Waals surface area contributed by atoms with Crippen molar-refractivity contribution in [2.75, 3.05) is 43.1 Å². The van der Waals surface area contributed by atoms with Gasteiger partial charge in [-0.1, -0.05) is 12.1 Å². The summed E-state index contributed by atoms with van der Waals surface area (Å²) in [7, 11) is -3.67. The van der Waals surface area contributed by atoms with E-state index in [0.717, 1.165) is 49.0 Å². The van der Waals surface area contributed by atoms with Gasteiger partial charge in [-0.05, 0) is 60.7 Å². The van der Waals surface area contributed by atoms with Gasteiger partial charge in [0.2, 0.25) is 0 Å². The molecule has 39 heavy (non-hydrogen) atoms. The zero-order chi connectivity index (χ0) is 27.8. The number of anilines is 2. The van der Waals surface area contributed by atoms with E-state index in [1.165, 1.54) is 0 Å². The van der Waals surface area contributed by atoms with Crippen LogP contribution in [0.1, 0.15) is 31.8 Å². The van der Waals surface area contributed by atoms with Crippen molar-refractivity contribution in [1.82, 2.24) is 10.6 Å². The van der Waals surface area contributed by atoms with E-state index in [0.29, 0.717) is 28.8 Å². The number of carbonyl (C=O) groups is 2. The van der Waals surface area contributed by atoms with Crippen molar-refractivity contribution in [3.8, 4) is 0 Å². The third-order valence-corrected chi connectivity index (χ3v) is 5.59. The third kappa shape index (κ3) is 8.22. The zero-order valence-electron chi connectivity index (χ0n) is 21.1. The fourth-order valence-electron chi connectivity index (χ4n) is 3.78. The predicted molar refractivity (Wildman–Crippen MR) is 152 cm³/mol. The maximum atomic E-state index is 12.6. The molecule has 2 aliphatic heterocycles. The SMILES string of the molecule is CS(=O)(=O)O.O=C(Nc1ccc(C2=NCCN2)cc1)c1ccc(NC(=O)c2ccc(C3=NCCN3)cc2)cc1. The topological polar surface area (TPSA) is 161 Å². The average molecular weight is 549 g/mol. The van der Waals surface area contributed by atoms with Gasteiger partial charge in [-0.3, -0.25) is 24.1 Å². The lowest BCUT2D eigenvalue weighted by Crippen LogP contribution is -2.19. The van der Waals surface area contributed by atoms with Crippen LogP contribution in [-0.2, 0) is 10.1 Å². The van der Waals surface area contributed by atoms with Crippen molar-refractivity contribution in [3.63, 3.8) is 0 Å². The van der Waals surface area contributed by atoms with Gasteiger partial charge in [0.25, 0.3) is 21.9 Å². The minimum Gasteiger partial charge on any atom is -0.368 e. The minimum absolute atomic E-state index is 0.216. The molecule has 0 radical (unpaired) electrons. The first-order valence-corrected chi connectivity index (χ1v) is 13.9. The first-order chi connectivity index (χ1) is 18.7. The molecule has 3 aromatic rings. The van der Waals surface area contributed by atoms with Gasteiger partial charge in [0.1, 0.15) is 11.7 Å². The first-order valence-electron chi connectivity index (χ1n) is 12.1. The number of hydrogen-bond acceptors (Lipinski definition) is 8. The molecule has 2 aliphatic rings. The molecule has 5 rings (SSSR count). The molecule has 0 bridgehead atoms. The summed E-state index contributed by atoms with van der Waals surface area (Å²) in [5.41, 5.74) is 4.32. The number of nitrogens with one attached hydrogen (secondary N) is 4. The van der Waals surface area contributed by atoms with Gasteiger partial charge in [-0.15, -0.1) is 0 Å². The molecule has 3 aromatic carbocycles. The first kappa shape index (κ1) is 27.5. The second kappa shape index (κ2) is 12.3. The van der Waals surface area contributed by atoms with E-state index >= 15 is 0 Å². The summed E-state index contributed by atoms with van der Waals surface area (Å²) in [4.78, 5) is 34.0. The van der Waals surface area contributed by atoms with E-state index in [9.17, 15) is 18.0 Å². The summed E-state index contributed by atoms with van der Waals surface area (Å²) in [6.45, 7) is 3.24. The van der Waals surface area contributed by atoms with Gasteiger partial charge in [-0.25, -0.2) is 0 Å². The largest absolute Gasteiger partial charge is 0.368 e. The maximum Gasteiger partial charge on any atom is 0.261 e. The minimum atomic E-state index is -3.67. The van der Waals surface area contributed by atoms with Crippen molar-refractivity contribution < 1.29 is 22.6 Å². The lowest BCUT2D eigenvalue weighted by molar-refractivity contribution is 0.102.